The van der Waals surface area contributed by atoms with Crippen LogP contribution < -0.4 is 0 Å². The molecule has 0 radical (unpaired) electrons. The predicted molar refractivity (Wildman–Crippen MR) is 48.9 cm³/mol. The van der Waals surface area contributed by atoms with Crippen LogP contribution >= 0.6 is 0 Å². The largest absolute Gasteiger partial charge is 0.480 e. The summed E-state index contributed by atoms with van der Waals surface area (Å²) in [5, 5.41) is 16.4. The zero-order valence-corrected chi connectivity index (χ0v) is 7.89. The minimum Gasteiger partial charge on any atom is -0.480 e. The first-order valence-corrected chi connectivity index (χ1v) is 4.87. The van der Waals surface area contributed by atoms with Gasteiger partial charge in [0.2, 0.25) is 0 Å². The van der Waals surface area contributed by atoms with Gasteiger partial charge >= 0.3 is 5.97 Å². The molecule has 1 aliphatic carbocycles. The van der Waals surface area contributed by atoms with Gasteiger partial charge in [-0.2, -0.15) is 0 Å². The van der Waals surface area contributed by atoms with Gasteiger partial charge in [0.25, 0.3) is 0 Å². The Hall–Kier alpha value is -1.39. The van der Waals surface area contributed by atoms with Crippen LogP contribution in [0.3, 0.4) is 0 Å². The molecule has 2 rings (SSSR count). The lowest BCUT2D eigenvalue weighted by Crippen LogP contribution is -2.12. The summed E-state index contributed by atoms with van der Waals surface area (Å²) in [6.07, 6.45) is 6.15. The maximum atomic E-state index is 10.6. The van der Waals surface area contributed by atoms with Gasteiger partial charge in [0.15, 0.2) is 0 Å². The Morgan fingerprint density at radius 2 is 2.29 bits per heavy atom. The summed E-state index contributed by atoms with van der Waals surface area (Å²) >= 11 is 0. The van der Waals surface area contributed by atoms with Gasteiger partial charge < -0.3 is 9.67 Å². The lowest BCUT2D eigenvalue weighted by molar-refractivity contribution is -0.137. The van der Waals surface area contributed by atoms with E-state index < -0.39 is 5.97 Å². The molecular formula is C9H13N3O2. The molecular weight excluding hydrogens is 182 g/mol. The van der Waals surface area contributed by atoms with E-state index in [-0.39, 0.29) is 6.54 Å². The van der Waals surface area contributed by atoms with E-state index in [2.05, 4.69) is 10.2 Å². The maximum Gasteiger partial charge on any atom is 0.323 e. The molecule has 1 aromatic heterocycles. The second-order valence-corrected chi connectivity index (χ2v) is 3.69. The number of carboxylic acids is 1. The molecule has 14 heavy (non-hydrogen) atoms. The third kappa shape index (κ3) is 1.76. The average molecular weight is 195 g/mol. The van der Waals surface area contributed by atoms with E-state index in [1.54, 1.807) is 4.57 Å². The van der Waals surface area contributed by atoms with Crippen molar-refractivity contribution in [1.29, 1.82) is 0 Å². The smallest absolute Gasteiger partial charge is 0.323 e. The highest BCUT2D eigenvalue weighted by molar-refractivity contribution is 5.66. The molecule has 0 amide bonds. The molecule has 0 spiro atoms. The number of nitrogens with zero attached hydrogens (tertiary/aromatic N) is 3. The highest BCUT2D eigenvalue weighted by atomic mass is 16.4. The monoisotopic (exact) mass is 195 g/mol. The van der Waals surface area contributed by atoms with Gasteiger partial charge in [-0.05, 0) is 12.8 Å². The summed E-state index contributed by atoms with van der Waals surface area (Å²) in [5.41, 5.74) is 0. The first-order valence-electron chi connectivity index (χ1n) is 4.87. The highest BCUT2D eigenvalue weighted by Crippen LogP contribution is 2.32. The van der Waals surface area contributed by atoms with Gasteiger partial charge in [0.1, 0.15) is 18.7 Å². The molecule has 1 N–H and O–H groups in total. The lowest BCUT2D eigenvalue weighted by atomic mass is 10.1. The number of carbonyl (C=O) groups is 1. The van der Waals surface area contributed by atoms with Gasteiger partial charge in [0, 0.05) is 5.92 Å². The molecule has 0 unspecified atom stereocenters. The van der Waals surface area contributed by atoms with Crippen LogP contribution in [0.25, 0.3) is 0 Å². The fraction of sp³-hybridized carbons (Fsp3) is 0.667. The average Bonchev–Trinajstić information content (AvgIpc) is 2.70. The first kappa shape index (κ1) is 9.18. The Morgan fingerprint density at radius 3 is 2.93 bits per heavy atom. The molecule has 76 valence electrons. The van der Waals surface area contributed by atoms with E-state index in [9.17, 15) is 4.79 Å². The van der Waals surface area contributed by atoms with Gasteiger partial charge in [0.05, 0.1) is 0 Å². The summed E-state index contributed by atoms with van der Waals surface area (Å²) in [4.78, 5) is 10.6. The third-order valence-corrected chi connectivity index (χ3v) is 2.67. The van der Waals surface area contributed by atoms with Crippen LogP contribution in [0.15, 0.2) is 6.33 Å². The molecule has 1 heterocycles. The van der Waals surface area contributed by atoms with Crippen LogP contribution in [0.4, 0.5) is 0 Å². The van der Waals surface area contributed by atoms with Gasteiger partial charge in [-0.1, -0.05) is 12.8 Å². The zero-order chi connectivity index (χ0) is 9.97. The standard InChI is InChI=1S/C9H13N3O2/c13-8(14)5-12-6-10-11-9(12)7-3-1-2-4-7/h6-7H,1-5H2,(H,13,14). The number of rotatable bonds is 3. The van der Waals surface area contributed by atoms with Crippen LogP contribution in [-0.2, 0) is 11.3 Å². The van der Waals surface area contributed by atoms with Gasteiger partial charge in [-0.15, -0.1) is 10.2 Å². The fourth-order valence-electron chi connectivity index (χ4n) is 2.03. The van der Waals surface area contributed by atoms with E-state index in [4.69, 9.17) is 5.11 Å². The highest BCUT2D eigenvalue weighted by Gasteiger charge is 2.22. The topological polar surface area (TPSA) is 68.0 Å². The number of aromatic nitrogens is 3. The van der Waals surface area contributed by atoms with Crippen LogP contribution in [0, 0.1) is 0 Å². The Balaban J connectivity index is 2.15. The summed E-state index contributed by atoms with van der Waals surface area (Å²) < 4.78 is 1.64. The lowest BCUT2D eigenvalue weighted by Gasteiger charge is -2.08. The van der Waals surface area contributed by atoms with Crippen molar-refractivity contribution in [2.75, 3.05) is 0 Å². The van der Waals surface area contributed by atoms with Gasteiger partial charge in [-0.25, -0.2) is 0 Å². The van der Waals surface area contributed by atoms with E-state index in [0.29, 0.717) is 5.92 Å². The van der Waals surface area contributed by atoms with Crippen LogP contribution in [0.2, 0.25) is 0 Å². The Morgan fingerprint density at radius 1 is 1.57 bits per heavy atom. The van der Waals surface area contributed by atoms with Crippen LogP contribution in [-0.4, -0.2) is 25.8 Å². The molecule has 1 aliphatic rings. The molecule has 1 aromatic rings. The summed E-state index contributed by atoms with van der Waals surface area (Å²) in [7, 11) is 0. The fourth-order valence-corrected chi connectivity index (χ4v) is 2.03. The van der Waals surface area contributed by atoms with E-state index >= 15 is 0 Å². The maximum absolute atomic E-state index is 10.6. The molecule has 0 bridgehead atoms. The van der Waals surface area contributed by atoms with Crippen molar-refractivity contribution in [3.05, 3.63) is 12.2 Å². The first-order chi connectivity index (χ1) is 6.77. The van der Waals surface area contributed by atoms with Crippen molar-refractivity contribution in [3.8, 4) is 0 Å². The van der Waals surface area contributed by atoms with Crippen LogP contribution in [0.1, 0.15) is 37.4 Å². The van der Waals surface area contributed by atoms with Crippen molar-refractivity contribution in [1.82, 2.24) is 14.8 Å². The van der Waals surface area contributed by atoms with E-state index in [1.165, 1.54) is 19.2 Å². The second kappa shape index (κ2) is 3.77. The van der Waals surface area contributed by atoms with Crippen molar-refractivity contribution in [2.24, 2.45) is 0 Å². The van der Waals surface area contributed by atoms with Crippen molar-refractivity contribution in [3.63, 3.8) is 0 Å². The minimum atomic E-state index is -0.843. The zero-order valence-electron chi connectivity index (χ0n) is 7.89. The molecule has 5 heteroatoms. The predicted octanol–water partition coefficient (Wildman–Crippen LogP) is 1.02. The molecule has 0 saturated heterocycles. The molecule has 1 fully saturated rings. The number of hydrogen-bond acceptors (Lipinski definition) is 3. The van der Waals surface area contributed by atoms with Crippen molar-refractivity contribution >= 4 is 5.97 Å². The molecule has 0 aromatic carbocycles. The molecule has 0 atom stereocenters. The van der Waals surface area contributed by atoms with Crippen molar-refractivity contribution in [2.45, 2.75) is 38.1 Å². The summed E-state index contributed by atoms with van der Waals surface area (Å²) in [5.74, 6) is 0.408. The Kier molecular flexibility index (Phi) is 2.47. The van der Waals surface area contributed by atoms with Crippen LogP contribution in [0.5, 0.6) is 0 Å². The number of hydrogen-bond donors (Lipinski definition) is 1. The number of carboxylic acid groups (broad SMARTS) is 1. The molecule has 5 nitrogen and oxygen atoms in total. The Bertz CT molecular complexity index is 329. The SMILES string of the molecule is O=C(O)Cn1cnnc1C1CCCC1. The summed E-state index contributed by atoms with van der Waals surface area (Å²) in [6.45, 7) is -0.0289. The van der Waals surface area contributed by atoms with E-state index in [1.807, 2.05) is 0 Å². The summed E-state index contributed by atoms with van der Waals surface area (Å²) in [6, 6.07) is 0. The normalized spacial score (nSPS) is 17.4. The molecule has 0 aliphatic heterocycles. The van der Waals surface area contributed by atoms with Crippen molar-refractivity contribution < 1.29 is 9.90 Å². The Labute approximate surface area is 81.8 Å². The quantitative estimate of drug-likeness (QED) is 0.781. The molecule has 1 saturated carbocycles. The number of aliphatic carboxylic acids is 1. The van der Waals surface area contributed by atoms with E-state index in [0.717, 1.165) is 18.7 Å². The minimum absolute atomic E-state index is 0.0289. The van der Waals surface area contributed by atoms with Gasteiger partial charge in [-0.3, -0.25) is 4.79 Å². The second-order valence-electron chi connectivity index (χ2n) is 3.69. The third-order valence-electron chi connectivity index (χ3n) is 2.67.